The second-order valence-corrected chi connectivity index (χ2v) is 10.7. The quantitative estimate of drug-likeness (QED) is 0.330. The van der Waals surface area contributed by atoms with E-state index in [9.17, 15) is 4.79 Å². The average molecular weight is 499 g/mol. The zero-order valence-corrected chi connectivity index (χ0v) is 20.9. The van der Waals surface area contributed by atoms with Gasteiger partial charge in [0.15, 0.2) is 0 Å². The van der Waals surface area contributed by atoms with Gasteiger partial charge in [-0.15, -0.1) is 22.7 Å². The fraction of sp³-hybridized carbons (Fsp3) is 0.214. The zero-order valence-electron chi connectivity index (χ0n) is 19.3. The van der Waals surface area contributed by atoms with Gasteiger partial charge in [-0.2, -0.15) is 0 Å². The van der Waals surface area contributed by atoms with Gasteiger partial charge in [0.1, 0.15) is 10.7 Å². The number of aromatic nitrogens is 2. The number of hydrogen-bond acceptors (Lipinski definition) is 6. The first kappa shape index (κ1) is 22.4. The van der Waals surface area contributed by atoms with Gasteiger partial charge < -0.3 is 4.98 Å². The Labute approximate surface area is 212 Å². The lowest BCUT2D eigenvalue weighted by molar-refractivity contribution is 0.103. The van der Waals surface area contributed by atoms with Crippen LogP contribution in [-0.4, -0.2) is 45.9 Å². The number of fused-ring (bicyclic) bond motifs is 1. The second-order valence-electron chi connectivity index (χ2n) is 8.86. The maximum absolute atomic E-state index is 13.0. The predicted octanol–water partition coefficient (Wildman–Crippen LogP) is 5.62. The van der Waals surface area contributed by atoms with E-state index >= 15 is 0 Å². The lowest BCUT2D eigenvalue weighted by Crippen LogP contribution is -2.47. The highest BCUT2D eigenvalue weighted by Crippen LogP contribution is 2.34. The van der Waals surface area contributed by atoms with Gasteiger partial charge >= 0.3 is 0 Å². The van der Waals surface area contributed by atoms with E-state index in [0.29, 0.717) is 11.9 Å². The van der Waals surface area contributed by atoms with Crippen molar-refractivity contribution >= 4 is 32.9 Å². The predicted molar refractivity (Wildman–Crippen MR) is 145 cm³/mol. The molecule has 1 aliphatic heterocycles. The summed E-state index contributed by atoms with van der Waals surface area (Å²) in [5.74, 6) is 0.748. The molecule has 0 radical (unpaired) electrons. The molecule has 1 N–H and O–H groups in total. The molecule has 176 valence electrons. The Morgan fingerprint density at radius 3 is 2.17 bits per heavy atom. The van der Waals surface area contributed by atoms with Crippen LogP contribution in [0.2, 0.25) is 0 Å². The largest absolute Gasteiger partial charge is 0.309 e. The van der Waals surface area contributed by atoms with Crippen LogP contribution in [0.25, 0.3) is 20.7 Å². The first-order valence-corrected chi connectivity index (χ1v) is 13.6. The van der Waals surface area contributed by atoms with Gasteiger partial charge in [-0.05, 0) is 22.6 Å². The number of aromatic amines is 1. The van der Waals surface area contributed by atoms with Crippen molar-refractivity contribution in [2.45, 2.75) is 12.6 Å². The fourth-order valence-electron chi connectivity index (χ4n) is 4.96. The zero-order chi connectivity index (χ0) is 23.6. The molecule has 4 heterocycles. The first-order chi connectivity index (χ1) is 17.3. The van der Waals surface area contributed by atoms with Gasteiger partial charge in [-0.1, -0.05) is 66.7 Å². The molecule has 7 heteroatoms. The third-order valence-corrected chi connectivity index (χ3v) is 8.43. The van der Waals surface area contributed by atoms with E-state index in [0.717, 1.165) is 47.3 Å². The molecule has 3 aromatic heterocycles. The Balaban J connectivity index is 1.18. The number of thiophene rings is 2. The summed E-state index contributed by atoms with van der Waals surface area (Å²) in [4.78, 5) is 27.7. The van der Waals surface area contributed by atoms with Gasteiger partial charge in [0.2, 0.25) is 0 Å². The molecular formula is C28H26N4OS2. The Kier molecular flexibility index (Phi) is 6.31. The number of H-pyrrole nitrogens is 1. The van der Waals surface area contributed by atoms with E-state index in [2.05, 4.69) is 86.9 Å². The summed E-state index contributed by atoms with van der Waals surface area (Å²) in [6.45, 7) is 4.45. The maximum atomic E-state index is 13.0. The van der Waals surface area contributed by atoms with Crippen molar-refractivity contribution in [3.63, 3.8) is 0 Å². The van der Waals surface area contributed by atoms with Crippen molar-refractivity contribution in [3.8, 4) is 10.4 Å². The molecule has 0 aliphatic carbocycles. The fourth-order valence-corrected chi connectivity index (χ4v) is 6.74. The molecule has 1 saturated heterocycles. The van der Waals surface area contributed by atoms with Crippen LogP contribution in [0.15, 0.2) is 88.4 Å². The molecule has 0 unspecified atom stereocenters. The minimum atomic E-state index is -0.0403. The van der Waals surface area contributed by atoms with Crippen molar-refractivity contribution in [2.75, 3.05) is 26.2 Å². The Morgan fingerprint density at radius 2 is 1.54 bits per heavy atom. The van der Waals surface area contributed by atoms with E-state index in [1.807, 2.05) is 11.4 Å². The van der Waals surface area contributed by atoms with E-state index in [4.69, 9.17) is 4.98 Å². The van der Waals surface area contributed by atoms with Gasteiger partial charge in [-0.3, -0.25) is 14.6 Å². The summed E-state index contributed by atoms with van der Waals surface area (Å²) < 4.78 is 0. The molecule has 6 rings (SSSR count). The van der Waals surface area contributed by atoms with Crippen molar-refractivity contribution in [3.05, 3.63) is 111 Å². The standard InChI is InChI=1S/C28H26N4OS2/c33-27-25-22(23-12-7-17-34-23)19-35-28(25)30-24(29-27)18-31-13-15-32(16-14-31)26(20-8-3-1-4-9-20)21-10-5-2-6-11-21/h1-12,17,19,26H,13-16,18H2,(H,29,30,33). The van der Waals surface area contributed by atoms with Crippen LogP contribution in [0.4, 0.5) is 0 Å². The topological polar surface area (TPSA) is 52.2 Å². The molecule has 0 amide bonds. The molecule has 0 saturated carbocycles. The van der Waals surface area contributed by atoms with E-state index in [-0.39, 0.29) is 11.6 Å². The second kappa shape index (κ2) is 9.87. The Hall–Kier alpha value is -3.10. The van der Waals surface area contributed by atoms with Gasteiger partial charge in [0, 0.05) is 42.0 Å². The molecule has 5 aromatic rings. The van der Waals surface area contributed by atoms with Crippen LogP contribution in [0.3, 0.4) is 0 Å². The summed E-state index contributed by atoms with van der Waals surface area (Å²) in [7, 11) is 0. The Bertz CT molecular complexity index is 1410. The van der Waals surface area contributed by atoms with Crippen LogP contribution in [0.5, 0.6) is 0 Å². The summed E-state index contributed by atoms with van der Waals surface area (Å²) in [6.07, 6.45) is 0. The minimum Gasteiger partial charge on any atom is -0.309 e. The Morgan fingerprint density at radius 1 is 0.857 bits per heavy atom. The smallest absolute Gasteiger partial charge is 0.260 e. The monoisotopic (exact) mass is 498 g/mol. The van der Waals surface area contributed by atoms with Crippen LogP contribution in [0.1, 0.15) is 23.0 Å². The highest BCUT2D eigenvalue weighted by Gasteiger charge is 2.26. The molecule has 0 spiro atoms. The van der Waals surface area contributed by atoms with Crippen LogP contribution in [-0.2, 0) is 6.54 Å². The average Bonchev–Trinajstić information content (AvgIpc) is 3.57. The lowest BCUT2D eigenvalue weighted by atomic mass is 9.96. The lowest BCUT2D eigenvalue weighted by Gasteiger charge is -2.39. The molecule has 35 heavy (non-hydrogen) atoms. The molecule has 0 atom stereocenters. The minimum absolute atomic E-state index is 0.0403. The highest BCUT2D eigenvalue weighted by molar-refractivity contribution is 7.18. The highest BCUT2D eigenvalue weighted by atomic mass is 32.1. The molecule has 1 aliphatic rings. The molecular weight excluding hydrogens is 472 g/mol. The van der Waals surface area contributed by atoms with Crippen molar-refractivity contribution in [2.24, 2.45) is 0 Å². The third kappa shape index (κ3) is 4.60. The molecule has 1 fully saturated rings. The number of benzene rings is 2. The van der Waals surface area contributed by atoms with Crippen LogP contribution in [0, 0.1) is 0 Å². The number of rotatable bonds is 6. The number of nitrogens with one attached hydrogen (secondary N) is 1. The normalized spacial score (nSPS) is 15.2. The maximum Gasteiger partial charge on any atom is 0.260 e. The number of nitrogens with zero attached hydrogens (tertiary/aromatic N) is 3. The third-order valence-electron chi connectivity index (χ3n) is 6.66. The van der Waals surface area contributed by atoms with Gasteiger partial charge in [0.05, 0.1) is 18.0 Å². The summed E-state index contributed by atoms with van der Waals surface area (Å²) in [5, 5.41) is 4.79. The van der Waals surface area contributed by atoms with Crippen molar-refractivity contribution < 1.29 is 0 Å². The molecule has 2 aromatic carbocycles. The summed E-state index contributed by atoms with van der Waals surface area (Å²) in [6, 6.07) is 25.8. The van der Waals surface area contributed by atoms with E-state index in [1.165, 1.54) is 11.1 Å². The van der Waals surface area contributed by atoms with Gasteiger partial charge in [0.25, 0.3) is 5.56 Å². The van der Waals surface area contributed by atoms with Crippen LogP contribution < -0.4 is 5.56 Å². The van der Waals surface area contributed by atoms with Crippen molar-refractivity contribution in [1.29, 1.82) is 0 Å². The van der Waals surface area contributed by atoms with Crippen molar-refractivity contribution in [1.82, 2.24) is 19.8 Å². The summed E-state index contributed by atoms with van der Waals surface area (Å²) in [5.41, 5.74) is 3.59. The van der Waals surface area contributed by atoms with E-state index < -0.39 is 0 Å². The van der Waals surface area contributed by atoms with Gasteiger partial charge in [-0.25, -0.2) is 4.98 Å². The molecule has 5 nitrogen and oxygen atoms in total. The van der Waals surface area contributed by atoms with Crippen LogP contribution >= 0.6 is 22.7 Å². The number of hydrogen-bond donors (Lipinski definition) is 1. The first-order valence-electron chi connectivity index (χ1n) is 11.9. The van der Waals surface area contributed by atoms with E-state index in [1.54, 1.807) is 22.7 Å². The summed E-state index contributed by atoms with van der Waals surface area (Å²) >= 11 is 3.20. The number of piperazine rings is 1. The molecule has 0 bridgehead atoms. The SMILES string of the molecule is O=c1[nH]c(CN2CCN(C(c3ccccc3)c3ccccc3)CC2)nc2scc(-c3cccs3)c12.